The Bertz CT molecular complexity index is 400. The summed E-state index contributed by atoms with van der Waals surface area (Å²) in [5, 5.41) is 30.0. The van der Waals surface area contributed by atoms with Crippen LogP contribution in [0.4, 0.5) is 10.7 Å². The molecule has 0 aliphatic rings. The zero-order chi connectivity index (χ0) is 13.7. The zero-order valence-corrected chi connectivity index (χ0v) is 11.3. The van der Waals surface area contributed by atoms with Crippen LogP contribution in [0.25, 0.3) is 0 Å². The van der Waals surface area contributed by atoms with E-state index in [1.54, 1.807) is 11.8 Å². The summed E-state index contributed by atoms with van der Waals surface area (Å²) in [5.74, 6) is 0. The molecule has 0 aromatic carbocycles. The second-order valence-corrected chi connectivity index (χ2v) is 5.05. The van der Waals surface area contributed by atoms with Gasteiger partial charge >= 0.3 is 5.69 Å². The first-order valence-electron chi connectivity index (χ1n) is 5.83. The highest BCUT2D eigenvalue weighted by molar-refractivity contribution is 7.16. The van der Waals surface area contributed by atoms with Crippen LogP contribution in [-0.2, 0) is 0 Å². The Morgan fingerprint density at radius 2 is 2.22 bits per heavy atom. The average Bonchev–Trinajstić information content (AvgIpc) is 2.73. The van der Waals surface area contributed by atoms with Gasteiger partial charge in [-0.1, -0.05) is 6.92 Å². The summed E-state index contributed by atoms with van der Waals surface area (Å²) >= 11 is 1.21. The number of aliphatic hydroxyl groups excluding tert-OH is 2. The van der Waals surface area contributed by atoms with E-state index in [0.717, 1.165) is 6.42 Å². The third-order valence-corrected chi connectivity index (χ3v) is 3.83. The van der Waals surface area contributed by atoms with E-state index in [2.05, 4.69) is 0 Å². The standard InChI is InChI=1S/C11H18N2O4S/c1-3-4-12(5-6-14)11-9(13(16)17)7-10(18-11)8(2)15/h7-8,14-15H,3-6H2,1-2H3. The molecule has 102 valence electrons. The number of rotatable bonds is 7. The van der Waals surface area contributed by atoms with Gasteiger partial charge in [0.05, 0.1) is 17.6 Å². The molecule has 1 rings (SSSR count). The largest absolute Gasteiger partial charge is 0.395 e. The summed E-state index contributed by atoms with van der Waals surface area (Å²) in [7, 11) is 0. The first-order chi connectivity index (χ1) is 8.51. The molecule has 0 fully saturated rings. The van der Waals surface area contributed by atoms with Crippen LogP contribution in [-0.4, -0.2) is 34.8 Å². The van der Waals surface area contributed by atoms with Gasteiger partial charge in [0, 0.05) is 24.0 Å². The molecule has 1 heterocycles. The summed E-state index contributed by atoms with van der Waals surface area (Å²) in [6.07, 6.45) is 0.110. The fraction of sp³-hybridized carbons (Fsp3) is 0.636. The number of nitrogens with zero attached hydrogens (tertiary/aromatic N) is 2. The second-order valence-electron chi connectivity index (χ2n) is 3.98. The van der Waals surface area contributed by atoms with E-state index >= 15 is 0 Å². The van der Waals surface area contributed by atoms with Gasteiger partial charge in [0.1, 0.15) is 0 Å². The smallest absolute Gasteiger partial charge is 0.304 e. The number of nitro groups is 1. The van der Waals surface area contributed by atoms with E-state index in [-0.39, 0.29) is 12.3 Å². The van der Waals surface area contributed by atoms with Crippen molar-refractivity contribution in [1.82, 2.24) is 0 Å². The molecule has 0 bridgehead atoms. The van der Waals surface area contributed by atoms with Crippen LogP contribution in [0.3, 0.4) is 0 Å². The molecule has 1 atom stereocenters. The van der Waals surface area contributed by atoms with Crippen molar-refractivity contribution in [2.24, 2.45) is 0 Å². The predicted molar refractivity (Wildman–Crippen MR) is 71.2 cm³/mol. The van der Waals surface area contributed by atoms with Crippen molar-refractivity contribution in [3.63, 3.8) is 0 Å². The SMILES string of the molecule is CCCN(CCO)c1sc(C(C)O)cc1[N+](=O)[O-]. The van der Waals surface area contributed by atoms with E-state index in [1.807, 2.05) is 6.92 Å². The molecule has 0 aliphatic heterocycles. The van der Waals surface area contributed by atoms with Crippen molar-refractivity contribution < 1.29 is 15.1 Å². The van der Waals surface area contributed by atoms with Crippen LogP contribution < -0.4 is 4.90 Å². The summed E-state index contributed by atoms with van der Waals surface area (Å²) in [4.78, 5) is 12.9. The molecule has 1 aromatic rings. The molecule has 0 saturated carbocycles. The second kappa shape index (κ2) is 6.67. The first kappa shape index (κ1) is 14.9. The zero-order valence-electron chi connectivity index (χ0n) is 10.5. The van der Waals surface area contributed by atoms with E-state index in [4.69, 9.17) is 5.11 Å². The molecule has 0 saturated heterocycles. The van der Waals surface area contributed by atoms with Crippen LogP contribution in [0, 0.1) is 10.1 Å². The summed E-state index contributed by atoms with van der Waals surface area (Å²) in [6.45, 7) is 4.49. The average molecular weight is 274 g/mol. The van der Waals surface area contributed by atoms with Crippen molar-refractivity contribution in [2.45, 2.75) is 26.4 Å². The van der Waals surface area contributed by atoms with E-state index in [9.17, 15) is 15.2 Å². The van der Waals surface area contributed by atoms with Gasteiger partial charge in [0.25, 0.3) is 0 Å². The third-order valence-electron chi connectivity index (χ3n) is 2.47. The number of thiophene rings is 1. The fourth-order valence-corrected chi connectivity index (χ4v) is 2.77. The topological polar surface area (TPSA) is 86.8 Å². The van der Waals surface area contributed by atoms with Gasteiger partial charge in [-0.2, -0.15) is 0 Å². The predicted octanol–water partition coefficient (Wildman–Crippen LogP) is 1.92. The normalized spacial score (nSPS) is 12.4. The van der Waals surface area contributed by atoms with Crippen LogP contribution >= 0.6 is 11.3 Å². The molecular weight excluding hydrogens is 256 g/mol. The number of hydrogen-bond acceptors (Lipinski definition) is 6. The van der Waals surface area contributed by atoms with Gasteiger partial charge < -0.3 is 15.1 Å². The number of hydrogen-bond donors (Lipinski definition) is 2. The van der Waals surface area contributed by atoms with Crippen LogP contribution in [0.5, 0.6) is 0 Å². The Balaban J connectivity index is 3.13. The summed E-state index contributed by atoms with van der Waals surface area (Å²) < 4.78 is 0. The minimum Gasteiger partial charge on any atom is -0.395 e. The maximum atomic E-state index is 11.0. The lowest BCUT2D eigenvalue weighted by atomic mass is 10.3. The van der Waals surface area contributed by atoms with Crippen LogP contribution in [0.15, 0.2) is 6.07 Å². The quantitative estimate of drug-likeness (QED) is 0.586. The highest BCUT2D eigenvalue weighted by atomic mass is 32.1. The Morgan fingerprint density at radius 3 is 2.67 bits per heavy atom. The van der Waals surface area contributed by atoms with E-state index in [1.165, 1.54) is 17.4 Å². The van der Waals surface area contributed by atoms with Gasteiger partial charge in [-0.05, 0) is 13.3 Å². The van der Waals surface area contributed by atoms with Crippen molar-refractivity contribution in [3.05, 3.63) is 21.1 Å². The van der Waals surface area contributed by atoms with Gasteiger partial charge in [-0.3, -0.25) is 10.1 Å². The number of anilines is 1. The number of aliphatic hydroxyl groups is 2. The monoisotopic (exact) mass is 274 g/mol. The van der Waals surface area contributed by atoms with Gasteiger partial charge in [0.15, 0.2) is 5.00 Å². The molecule has 1 unspecified atom stereocenters. The molecule has 7 heteroatoms. The molecule has 18 heavy (non-hydrogen) atoms. The van der Waals surface area contributed by atoms with Gasteiger partial charge in [-0.25, -0.2) is 0 Å². The molecule has 0 radical (unpaired) electrons. The lowest BCUT2D eigenvalue weighted by Crippen LogP contribution is -2.27. The van der Waals surface area contributed by atoms with Crippen molar-refractivity contribution in [1.29, 1.82) is 0 Å². The fourth-order valence-electron chi connectivity index (χ4n) is 1.66. The Morgan fingerprint density at radius 1 is 1.56 bits per heavy atom. The minimum absolute atomic E-state index is 0.00204. The lowest BCUT2D eigenvalue weighted by molar-refractivity contribution is -0.383. The minimum atomic E-state index is -0.722. The first-order valence-corrected chi connectivity index (χ1v) is 6.64. The summed E-state index contributed by atoms with van der Waals surface area (Å²) in [6, 6.07) is 1.41. The van der Waals surface area contributed by atoms with Crippen molar-refractivity contribution in [2.75, 3.05) is 24.6 Å². The summed E-state index contributed by atoms with van der Waals surface area (Å²) in [5.41, 5.74) is -0.00204. The molecule has 1 aromatic heterocycles. The van der Waals surface area contributed by atoms with Crippen LogP contribution in [0.2, 0.25) is 0 Å². The highest BCUT2D eigenvalue weighted by Crippen LogP contribution is 2.40. The van der Waals surface area contributed by atoms with E-state index < -0.39 is 11.0 Å². The molecular formula is C11H18N2O4S. The van der Waals surface area contributed by atoms with Crippen molar-refractivity contribution >= 4 is 22.0 Å². The molecule has 2 N–H and O–H groups in total. The van der Waals surface area contributed by atoms with Crippen molar-refractivity contribution in [3.8, 4) is 0 Å². The highest BCUT2D eigenvalue weighted by Gasteiger charge is 2.24. The third kappa shape index (κ3) is 3.41. The van der Waals surface area contributed by atoms with Crippen LogP contribution in [0.1, 0.15) is 31.2 Å². The van der Waals surface area contributed by atoms with E-state index in [0.29, 0.717) is 23.0 Å². The molecule has 0 spiro atoms. The maximum Gasteiger partial charge on any atom is 0.304 e. The Hall–Kier alpha value is -1.18. The Labute approximate surface area is 110 Å². The maximum absolute atomic E-state index is 11.0. The lowest BCUT2D eigenvalue weighted by Gasteiger charge is -2.20. The Kier molecular flexibility index (Phi) is 5.52. The van der Waals surface area contributed by atoms with Gasteiger partial charge in [0.2, 0.25) is 0 Å². The molecule has 6 nitrogen and oxygen atoms in total. The van der Waals surface area contributed by atoms with Gasteiger partial charge in [-0.15, -0.1) is 11.3 Å². The molecule has 0 amide bonds. The molecule has 0 aliphatic carbocycles.